The highest BCUT2D eigenvalue weighted by Crippen LogP contribution is 2.42. The van der Waals surface area contributed by atoms with Crippen LogP contribution in [0, 0.1) is 21.4 Å². The minimum atomic E-state index is -0.500. The van der Waals surface area contributed by atoms with Crippen LogP contribution in [-0.2, 0) is 0 Å². The highest BCUT2D eigenvalue weighted by atomic mass is 35.5. The molecule has 0 spiro atoms. The van der Waals surface area contributed by atoms with Crippen LogP contribution in [0.25, 0.3) is 33.8 Å². The van der Waals surface area contributed by atoms with Crippen molar-refractivity contribution >= 4 is 29.4 Å². The summed E-state index contributed by atoms with van der Waals surface area (Å²) in [6.45, 7) is 0. The second-order valence-corrected chi connectivity index (χ2v) is 8.12. The van der Waals surface area contributed by atoms with E-state index in [0.717, 1.165) is 11.1 Å². The van der Waals surface area contributed by atoms with E-state index in [-0.39, 0.29) is 11.6 Å². The van der Waals surface area contributed by atoms with Crippen molar-refractivity contribution in [2.45, 2.75) is 0 Å². The lowest BCUT2D eigenvalue weighted by molar-refractivity contribution is -0.384. The zero-order valence-electron chi connectivity index (χ0n) is 18.6. The van der Waals surface area contributed by atoms with Crippen LogP contribution in [0.4, 0.5) is 11.6 Å². The number of aliphatic imine (C=N–C) groups is 1. The summed E-state index contributed by atoms with van der Waals surface area (Å²) in [5.41, 5.74) is 2.88. The minimum absolute atomic E-state index is 0.0999. The van der Waals surface area contributed by atoms with Gasteiger partial charge in [-0.05, 0) is 23.8 Å². The van der Waals surface area contributed by atoms with Crippen LogP contribution in [0.15, 0.2) is 105 Å². The Labute approximate surface area is 210 Å². The van der Waals surface area contributed by atoms with E-state index in [4.69, 9.17) is 20.4 Å². The van der Waals surface area contributed by atoms with E-state index < -0.39 is 4.92 Å². The maximum atomic E-state index is 11.1. The maximum absolute atomic E-state index is 11.1. The Morgan fingerprint density at radius 1 is 0.917 bits per heavy atom. The molecule has 0 aliphatic rings. The first-order valence-electron chi connectivity index (χ1n) is 10.8. The van der Waals surface area contributed by atoms with E-state index in [2.05, 4.69) is 11.1 Å². The number of furan rings is 2. The van der Waals surface area contributed by atoms with Gasteiger partial charge >= 0.3 is 0 Å². The third-order valence-electron chi connectivity index (χ3n) is 5.46. The second kappa shape index (κ2) is 9.74. The summed E-state index contributed by atoms with van der Waals surface area (Å²) in [5.74, 6) is 1.38. The van der Waals surface area contributed by atoms with Crippen LogP contribution < -0.4 is 0 Å². The summed E-state index contributed by atoms with van der Waals surface area (Å²) in [5, 5.41) is 21.4. The lowest BCUT2D eigenvalue weighted by Crippen LogP contribution is -1.88. The third kappa shape index (κ3) is 4.41. The van der Waals surface area contributed by atoms with E-state index in [1.54, 1.807) is 12.1 Å². The predicted molar refractivity (Wildman–Crippen MR) is 137 cm³/mol. The Hall–Kier alpha value is -4.93. The van der Waals surface area contributed by atoms with Gasteiger partial charge in [-0.1, -0.05) is 72.3 Å². The fourth-order valence-electron chi connectivity index (χ4n) is 3.79. The SMILES string of the molecule is N#Cc1c(N=Cc2ccc(-c3cc([N+](=O)[O-])ccc3Cl)o2)oc(-c2ccccc2)c1-c1ccccc1. The first kappa shape index (κ1) is 22.8. The molecule has 8 heteroatoms. The first-order valence-corrected chi connectivity index (χ1v) is 11.2. The molecule has 174 valence electrons. The number of nitriles is 1. The van der Waals surface area contributed by atoms with Gasteiger partial charge < -0.3 is 8.83 Å². The topological polar surface area (TPSA) is 106 Å². The van der Waals surface area contributed by atoms with Gasteiger partial charge in [0.25, 0.3) is 5.69 Å². The predicted octanol–water partition coefficient (Wildman–Crippen LogP) is 8.06. The molecule has 7 nitrogen and oxygen atoms in total. The molecule has 5 rings (SSSR count). The molecule has 5 aromatic rings. The van der Waals surface area contributed by atoms with Gasteiger partial charge in [0.15, 0.2) is 0 Å². The summed E-state index contributed by atoms with van der Waals surface area (Å²) in [6, 6.07) is 28.7. The van der Waals surface area contributed by atoms with E-state index in [9.17, 15) is 15.4 Å². The van der Waals surface area contributed by atoms with E-state index in [1.807, 2.05) is 60.7 Å². The number of nitrogens with zero attached hydrogens (tertiary/aromatic N) is 3. The number of nitro benzene ring substituents is 1. The Kier molecular flexibility index (Phi) is 6.18. The van der Waals surface area contributed by atoms with Gasteiger partial charge in [0.05, 0.1) is 16.2 Å². The number of nitro groups is 1. The molecule has 2 aromatic heterocycles. The molecule has 0 saturated carbocycles. The summed E-state index contributed by atoms with van der Waals surface area (Å²) >= 11 is 6.23. The highest BCUT2D eigenvalue weighted by Gasteiger charge is 2.22. The number of non-ortho nitro benzene ring substituents is 1. The second-order valence-electron chi connectivity index (χ2n) is 7.71. The summed E-state index contributed by atoms with van der Waals surface area (Å²) < 4.78 is 11.9. The van der Waals surface area contributed by atoms with E-state index >= 15 is 0 Å². The van der Waals surface area contributed by atoms with Gasteiger partial charge in [0.2, 0.25) is 5.88 Å². The third-order valence-corrected chi connectivity index (χ3v) is 5.79. The Morgan fingerprint density at radius 3 is 2.28 bits per heavy atom. The number of hydrogen-bond donors (Lipinski definition) is 0. The van der Waals surface area contributed by atoms with Gasteiger partial charge in [0.1, 0.15) is 28.9 Å². The average molecular weight is 494 g/mol. The van der Waals surface area contributed by atoms with Crippen LogP contribution in [0.3, 0.4) is 0 Å². The van der Waals surface area contributed by atoms with Crippen molar-refractivity contribution in [3.05, 3.63) is 117 Å². The van der Waals surface area contributed by atoms with Crippen molar-refractivity contribution in [3.8, 4) is 39.8 Å². The first-order chi connectivity index (χ1) is 17.5. The monoisotopic (exact) mass is 493 g/mol. The standard InChI is InChI=1S/C28H16ClN3O4/c29-24-13-11-20(32(33)34)15-22(24)25-14-12-21(35-25)17-31-28-23(16-30)26(18-7-3-1-4-8-18)27(36-28)19-9-5-2-6-10-19/h1-15,17H. The molecule has 0 radical (unpaired) electrons. The van der Waals surface area contributed by atoms with Crippen molar-refractivity contribution < 1.29 is 13.8 Å². The van der Waals surface area contributed by atoms with Gasteiger partial charge in [-0.25, -0.2) is 4.99 Å². The van der Waals surface area contributed by atoms with E-state index in [0.29, 0.717) is 39.0 Å². The number of hydrogen-bond acceptors (Lipinski definition) is 6. The van der Waals surface area contributed by atoms with Gasteiger partial charge in [-0.2, -0.15) is 5.26 Å². The molecule has 2 heterocycles. The van der Waals surface area contributed by atoms with Crippen LogP contribution in [0.1, 0.15) is 11.3 Å². The van der Waals surface area contributed by atoms with Crippen molar-refractivity contribution in [1.29, 1.82) is 5.26 Å². The van der Waals surface area contributed by atoms with Crippen molar-refractivity contribution in [1.82, 2.24) is 0 Å². The normalized spacial score (nSPS) is 11.0. The van der Waals surface area contributed by atoms with Gasteiger partial charge in [-0.15, -0.1) is 0 Å². The smallest absolute Gasteiger partial charge is 0.270 e. The molecule has 3 aromatic carbocycles. The minimum Gasteiger partial charge on any atom is -0.455 e. The number of rotatable bonds is 6. The number of benzene rings is 3. The highest BCUT2D eigenvalue weighted by molar-refractivity contribution is 6.33. The van der Waals surface area contributed by atoms with Gasteiger partial charge in [-0.3, -0.25) is 10.1 Å². The quantitative estimate of drug-likeness (QED) is 0.135. The zero-order chi connectivity index (χ0) is 25.1. The van der Waals surface area contributed by atoms with Crippen LogP contribution >= 0.6 is 11.6 Å². The number of halogens is 1. The molecule has 0 unspecified atom stereocenters. The summed E-state index contributed by atoms with van der Waals surface area (Å²) in [4.78, 5) is 15.0. The van der Waals surface area contributed by atoms with Crippen molar-refractivity contribution in [2.24, 2.45) is 4.99 Å². The average Bonchev–Trinajstić information content (AvgIpc) is 3.53. The lowest BCUT2D eigenvalue weighted by atomic mass is 9.98. The zero-order valence-corrected chi connectivity index (χ0v) is 19.3. The molecule has 0 aliphatic heterocycles. The molecule has 0 amide bonds. The van der Waals surface area contributed by atoms with Crippen LogP contribution in [-0.4, -0.2) is 11.1 Å². The summed E-state index contributed by atoms with van der Waals surface area (Å²) in [7, 11) is 0. The fraction of sp³-hybridized carbons (Fsp3) is 0. The van der Waals surface area contributed by atoms with Crippen molar-refractivity contribution in [2.75, 3.05) is 0 Å². The van der Waals surface area contributed by atoms with Crippen LogP contribution in [0.5, 0.6) is 0 Å². The van der Waals surface area contributed by atoms with Crippen LogP contribution in [0.2, 0.25) is 5.02 Å². The Bertz CT molecular complexity index is 1630. The van der Waals surface area contributed by atoms with Gasteiger partial charge in [0, 0.05) is 28.8 Å². The molecule has 0 bridgehead atoms. The molecule has 0 fully saturated rings. The fourth-order valence-corrected chi connectivity index (χ4v) is 4.00. The lowest BCUT2D eigenvalue weighted by Gasteiger charge is -2.03. The molecule has 36 heavy (non-hydrogen) atoms. The molecule has 0 atom stereocenters. The van der Waals surface area contributed by atoms with Crippen molar-refractivity contribution in [3.63, 3.8) is 0 Å². The molecular formula is C28H16ClN3O4. The Morgan fingerprint density at radius 2 is 1.61 bits per heavy atom. The van der Waals surface area contributed by atoms with E-state index in [1.165, 1.54) is 24.4 Å². The molecular weight excluding hydrogens is 478 g/mol. The maximum Gasteiger partial charge on any atom is 0.270 e. The molecule has 0 N–H and O–H groups in total. The summed E-state index contributed by atoms with van der Waals surface area (Å²) in [6.07, 6.45) is 1.43. The molecule has 0 saturated heterocycles. The Balaban J connectivity index is 1.55. The molecule has 0 aliphatic carbocycles. The largest absolute Gasteiger partial charge is 0.455 e.